The summed E-state index contributed by atoms with van der Waals surface area (Å²) in [6.45, 7) is 10.5. The molecule has 3 rings (SSSR count). The summed E-state index contributed by atoms with van der Waals surface area (Å²) in [7, 11) is 0. The Labute approximate surface area is 273 Å². The Morgan fingerprint density at radius 1 is 0.851 bits per heavy atom. The number of para-hydroxylation sites is 1. The first-order valence-corrected chi connectivity index (χ1v) is 15.4. The molecular formula is C34H44N2O11. The van der Waals surface area contributed by atoms with E-state index < -0.39 is 89.3 Å². The zero-order valence-corrected chi connectivity index (χ0v) is 27.6. The number of esters is 4. The van der Waals surface area contributed by atoms with Crippen molar-refractivity contribution in [3.8, 4) is 5.75 Å². The molecule has 1 fully saturated rings. The van der Waals surface area contributed by atoms with Crippen LogP contribution in [0.1, 0.15) is 64.4 Å². The number of phenolic OH excluding ortho intramolecular Hbond substituents is 1. The summed E-state index contributed by atoms with van der Waals surface area (Å²) in [6.07, 6.45) is -7.42. The number of aliphatic hydroxyl groups is 1. The fourth-order valence-corrected chi connectivity index (χ4v) is 4.89. The van der Waals surface area contributed by atoms with Gasteiger partial charge in [-0.3, -0.25) is 9.59 Å². The maximum Gasteiger partial charge on any atom is 0.348 e. The van der Waals surface area contributed by atoms with Crippen LogP contribution in [0.25, 0.3) is 0 Å². The van der Waals surface area contributed by atoms with Crippen molar-refractivity contribution in [2.75, 3.05) is 5.73 Å². The topological polar surface area (TPSA) is 201 Å². The predicted molar refractivity (Wildman–Crippen MR) is 169 cm³/mol. The van der Waals surface area contributed by atoms with Gasteiger partial charge >= 0.3 is 23.9 Å². The Morgan fingerprint density at radius 2 is 1.43 bits per heavy atom. The number of carbonyl (C=O) groups excluding carboxylic acids is 5. The van der Waals surface area contributed by atoms with Crippen molar-refractivity contribution in [2.24, 2.45) is 17.3 Å². The van der Waals surface area contributed by atoms with E-state index in [1.807, 2.05) is 0 Å². The predicted octanol–water partition coefficient (Wildman–Crippen LogP) is 2.70. The van der Waals surface area contributed by atoms with Crippen LogP contribution in [0, 0.1) is 17.3 Å². The van der Waals surface area contributed by atoms with Crippen LogP contribution in [-0.4, -0.2) is 76.6 Å². The highest BCUT2D eigenvalue weighted by molar-refractivity contribution is 6.00. The highest BCUT2D eigenvalue weighted by Crippen LogP contribution is 2.31. The van der Waals surface area contributed by atoms with E-state index in [9.17, 15) is 34.2 Å². The molecular weight excluding hydrogens is 612 g/mol. The van der Waals surface area contributed by atoms with Gasteiger partial charge in [-0.25, -0.2) is 14.4 Å². The van der Waals surface area contributed by atoms with E-state index in [1.54, 1.807) is 58.0 Å². The van der Waals surface area contributed by atoms with Crippen molar-refractivity contribution in [3.63, 3.8) is 0 Å². The maximum atomic E-state index is 13.7. The number of ether oxygens (including phenoxy) is 4. The van der Waals surface area contributed by atoms with Crippen LogP contribution in [-0.2, 0) is 44.5 Å². The lowest BCUT2D eigenvalue weighted by Gasteiger charge is -2.35. The molecule has 5 N–H and O–H groups in total. The summed E-state index contributed by atoms with van der Waals surface area (Å²) >= 11 is 0. The lowest BCUT2D eigenvalue weighted by Crippen LogP contribution is -2.52. The van der Waals surface area contributed by atoms with E-state index in [-0.39, 0.29) is 17.7 Å². The third-order valence-electron chi connectivity index (χ3n) is 7.94. The first-order chi connectivity index (χ1) is 21.9. The zero-order valence-electron chi connectivity index (χ0n) is 27.6. The number of hydrogen-bond acceptors (Lipinski definition) is 12. The third kappa shape index (κ3) is 8.79. The number of carbonyl (C=O) groups is 5. The Morgan fingerprint density at radius 3 is 2.02 bits per heavy atom. The van der Waals surface area contributed by atoms with Gasteiger partial charge in [0.15, 0.2) is 11.8 Å². The number of rotatable bonds is 6. The monoisotopic (exact) mass is 656 g/mol. The lowest BCUT2D eigenvalue weighted by atomic mass is 9.81. The number of hydrogen-bond donors (Lipinski definition) is 4. The normalized spacial score (nSPS) is 25.9. The number of anilines is 1. The molecule has 47 heavy (non-hydrogen) atoms. The molecule has 13 heteroatoms. The fraction of sp³-hybridized carbons (Fsp3) is 0.500. The summed E-state index contributed by atoms with van der Waals surface area (Å²) in [5, 5.41) is 24.3. The third-order valence-corrected chi connectivity index (χ3v) is 7.94. The number of nitrogen functional groups attached to an aromatic ring is 1. The van der Waals surface area contributed by atoms with Crippen LogP contribution in [0.5, 0.6) is 5.75 Å². The van der Waals surface area contributed by atoms with Crippen molar-refractivity contribution in [1.29, 1.82) is 0 Å². The molecule has 1 aliphatic rings. The Hall–Kier alpha value is -4.65. The van der Waals surface area contributed by atoms with Crippen molar-refractivity contribution < 1.29 is 53.1 Å². The molecule has 6 atom stereocenters. The number of phenols is 1. The average molecular weight is 657 g/mol. The molecule has 2 aromatic carbocycles. The molecule has 1 amide bonds. The molecule has 1 aliphatic heterocycles. The van der Waals surface area contributed by atoms with Gasteiger partial charge in [0.1, 0.15) is 18.3 Å². The average Bonchev–Trinajstić information content (AvgIpc) is 3.00. The number of aliphatic hydroxyl groups excluding tert-OH is 1. The minimum Gasteiger partial charge on any atom is -0.505 e. The minimum absolute atomic E-state index is 0.0156. The van der Waals surface area contributed by atoms with E-state index in [2.05, 4.69) is 5.32 Å². The van der Waals surface area contributed by atoms with Gasteiger partial charge in [-0.15, -0.1) is 0 Å². The molecule has 1 saturated heterocycles. The Kier molecular flexibility index (Phi) is 12.0. The number of aromatic hydroxyl groups is 1. The van der Waals surface area contributed by atoms with E-state index in [0.717, 1.165) is 0 Å². The molecule has 13 nitrogen and oxygen atoms in total. The van der Waals surface area contributed by atoms with Crippen molar-refractivity contribution in [3.05, 3.63) is 59.7 Å². The molecule has 0 radical (unpaired) electrons. The Balaban J connectivity index is 2.10. The van der Waals surface area contributed by atoms with Crippen LogP contribution < -0.4 is 11.1 Å². The molecule has 0 spiro atoms. The summed E-state index contributed by atoms with van der Waals surface area (Å²) in [6, 6.07) is 11.1. The van der Waals surface area contributed by atoms with Crippen LogP contribution in [0.2, 0.25) is 0 Å². The van der Waals surface area contributed by atoms with Crippen LogP contribution in [0.4, 0.5) is 5.69 Å². The second-order valence-electron chi connectivity index (χ2n) is 12.8. The molecule has 0 bridgehead atoms. The summed E-state index contributed by atoms with van der Waals surface area (Å²) in [5.74, 6) is -6.95. The van der Waals surface area contributed by atoms with Gasteiger partial charge in [0, 0.05) is 18.3 Å². The van der Waals surface area contributed by atoms with Crippen LogP contribution >= 0.6 is 0 Å². The van der Waals surface area contributed by atoms with Crippen molar-refractivity contribution in [2.45, 2.75) is 91.4 Å². The van der Waals surface area contributed by atoms with E-state index >= 15 is 0 Å². The number of cyclic esters (lactones) is 4. The summed E-state index contributed by atoms with van der Waals surface area (Å²) in [5.41, 5.74) is 4.34. The molecule has 0 aliphatic carbocycles. The molecule has 1 heterocycles. The van der Waals surface area contributed by atoms with E-state index in [1.165, 1.54) is 39.0 Å². The molecule has 2 aromatic rings. The molecule has 0 aromatic heterocycles. The van der Waals surface area contributed by atoms with Gasteiger partial charge in [-0.1, -0.05) is 64.1 Å². The standard InChI is InChI=1S/C34H44N2O11/c1-17(2)26-32(42)45-23(16-20-12-9-8-10-13-20)28(38)34(6,7)33(43)47-27(18(3)4)31(41)44-19(5)24(30(40)46-26)36-29(39)21-14-11-15-22(35)25(21)37/h8-15,17-19,23-24,26-28,37-38H,16,35H2,1-7H3,(H,36,39)/t19-,23-,24+,26+,27+,28+/m1/s1. The maximum absolute atomic E-state index is 13.7. The summed E-state index contributed by atoms with van der Waals surface area (Å²) in [4.78, 5) is 67.5. The molecule has 0 saturated carbocycles. The molecule has 256 valence electrons. The largest absolute Gasteiger partial charge is 0.505 e. The van der Waals surface area contributed by atoms with Gasteiger partial charge in [-0.05, 0) is 38.5 Å². The van der Waals surface area contributed by atoms with Crippen LogP contribution in [0.3, 0.4) is 0 Å². The second kappa shape index (κ2) is 15.3. The highest BCUT2D eigenvalue weighted by Gasteiger charge is 2.47. The van der Waals surface area contributed by atoms with Crippen molar-refractivity contribution in [1.82, 2.24) is 5.32 Å². The van der Waals surface area contributed by atoms with Gasteiger partial charge in [0.2, 0.25) is 12.2 Å². The fourth-order valence-electron chi connectivity index (χ4n) is 4.89. The highest BCUT2D eigenvalue weighted by atomic mass is 16.6. The lowest BCUT2D eigenvalue weighted by molar-refractivity contribution is -0.190. The minimum atomic E-state index is -1.71. The van der Waals surface area contributed by atoms with Gasteiger partial charge < -0.3 is 40.2 Å². The van der Waals surface area contributed by atoms with Gasteiger partial charge in [-0.2, -0.15) is 0 Å². The zero-order chi connectivity index (χ0) is 35.2. The SMILES string of the molecule is CC(C)[C@@H]1OC(=O)[C@@H](NC(=O)c2cccc(N)c2O)[C@@H](C)OC(=O)[C@H](C(C)C)OC(=O)C(C)(C)[C@@H](O)[C@@H](Cc2ccccc2)OC1=O. The van der Waals surface area contributed by atoms with Gasteiger partial charge in [0.25, 0.3) is 5.91 Å². The number of nitrogens with one attached hydrogen (secondary N) is 1. The first kappa shape index (κ1) is 36.8. The Bertz CT molecular complexity index is 1460. The smallest absolute Gasteiger partial charge is 0.348 e. The van der Waals surface area contributed by atoms with Crippen molar-refractivity contribution >= 4 is 35.5 Å². The van der Waals surface area contributed by atoms with E-state index in [0.29, 0.717) is 5.56 Å². The molecule has 0 unspecified atom stereocenters. The number of amides is 1. The van der Waals surface area contributed by atoms with E-state index in [4.69, 9.17) is 24.7 Å². The number of nitrogens with two attached hydrogens (primary N) is 1. The summed E-state index contributed by atoms with van der Waals surface area (Å²) < 4.78 is 22.5. The number of benzene rings is 2. The van der Waals surface area contributed by atoms with Crippen LogP contribution in [0.15, 0.2) is 48.5 Å². The first-order valence-electron chi connectivity index (χ1n) is 15.4. The van der Waals surface area contributed by atoms with Gasteiger partial charge in [0.05, 0.1) is 16.7 Å². The quantitative estimate of drug-likeness (QED) is 0.154. The second-order valence-corrected chi connectivity index (χ2v) is 12.8.